The van der Waals surface area contributed by atoms with E-state index in [9.17, 15) is 4.79 Å². The molecule has 2 heterocycles. The molecular formula is C19H18Cl2N2O2. The van der Waals surface area contributed by atoms with Crippen LogP contribution in [0.2, 0.25) is 10.0 Å². The molecule has 0 aromatic heterocycles. The van der Waals surface area contributed by atoms with Gasteiger partial charge >= 0.3 is 0 Å². The fraction of sp³-hybridized carbons (Fsp3) is 0.316. The number of carbonyl (C=O) groups is 1. The lowest BCUT2D eigenvalue weighted by Gasteiger charge is -2.30. The van der Waals surface area contributed by atoms with Crippen LogP contribution < -0.4 is 9.64 Å². The lowest BCUT2D eigenvalue weighted by molar-refractivity contribution is -0.119. The van der Waals surface area contributed by atoms with E-state index in [1.807, 2.05) is 35.2 Å². The van der Waals surface area contributed by atoms with Crippen LogP contribution in [0, 0.1) is 0 Å². The van der Waals surface area contributed by atoms with Gasteiger partial charge in [-0.25, -0.2) is 0 Å². The average molecular weight is 377 g/mol. The van der Waals surface area contributed by atoms with Gasteiger partial charge < -0.3 is 4.74 Å². The third-order valence-corrected chi connectivity index (χ3v) is 5.71. The van der Waals surface area contributed by atoms with Crippen LogP contribution in [0.25, 0.3) is 0 Å². The molecule has 0 aliphatic carbocycles. The Balaban J connectivity index is 1.85. The maximum absolute atomic E-state index is 13.1. The summed E-state index contributed by atoms with van der Waals surface area (Å²) in [4.78, 5) is 17.2. The minimum atomic E-state index is -0.201. The predicted octanol–water partition coefficient (Wildman–Crippen LogP) is 4.51. The van der Waals surface area contributed by atoms with E-state index in [4.69, 9.17) is 27.9 Å². The summed E-state index contributed by atoms with van der Waals surface area (Å²) in [6.45, 7) is 0.886. The van der Waals surface area contributed by atoms with Crippen molar-refractivity contribution in [1.82, 2.24) is 4.90 Å². The van der Waals surface area contributed by atoms with Gasteiger partial charge in [0.25, 0.3) is 0 Å². The molecule has 2 aromatic rings. The van der Waals surface area contributed by atoms with E-state index in [2.05, 4.69) is 4.90 Å². The number of halogens is 2. The fourth-order valence-corrected chi connectivity index (χ4v) is 4.17. The number of methoxy groups -OCH3 is 1. The second-order valence-corrected chi connectivity index (χ2v) is 7.13. The molecule has 0 bridgehead atoms. The third kappa shape index (κ3) is 2.69. The average Bonchev–Trinajstić information content (AvgIpc) is 3.20. The Bertz CT molecular complexity index is 827. The minimum absolute atomic E-state index is 0.0932. The molecule has 0 radical (unpaired) electrons. The second-order valence-electron chi connectivity index (χ2n) is 6.32. The molecule has 2 atom stereocenters. The largest absolute Gasteiger partial charge is 0.496 e. The molecule has 1 amide bonds. The molecule has 4 nitrogen and oxygen atoms in total. The molecule has 2 saturated heterocycles. The summed E-state index contributed by atoms with van der Waals surface area (Å²) < 4.78 is 5.56. The van der Waals surface area contributed by atoms with E-state index >= 15 is 0 Å². The topological polar surface area (TPSA) is 32.8 Å². The van der Waals surface area contributed by atoms with E-state index in [1.165, 1.54) is 0 Å². The van der Waals surface area contributed by atoms with Crippen molar-refractivity contribution >= 4 is 34.8 Å². The van der Waals surface area contributed by atoms with Crippen molar-refractivity contribution in [2.24, 2.45) is 0 Å². The lowest BCUT2D eigenvalue weighted by atomic mass is 10.1. The zero-order chi connectivity index (χ0) is 17.6. The zero-order valence-corrected chi connectivity index (χ0v) is 15.3. The number of carbonyl (C=O) groups excluding carboxylic acids is 1. The fourth-order valence-electron chi connectivity index (χ4n) is 3.88. The number of benzene rings is 2. The van der Waals surface area contributed by atoms with Gasteiger partial charge in [0.1, 0.15) is 11.9 Å². The molecular weight excluding hydrogens is 359 g/mol. The van der Waals surface area contributed by atoms with E-state index in [1.54, 1.807) is 19.2 Å². The highest BCUT2D eigenvalue weighted by Crippen LogP contribution is 2.45. The number of para-hydroxylation sites is 1. The van der Waals surface area contributed by atoms with E-state index < -0.39 is 0 Å². The Hall–Kier alpha value is -1.75. The van der Waals surface area contributed by atoms with Crippen LogP contribution in [0.1, 0.15) is 24.6 Å². The van der Waals surface area contributed by atoms with Gasteiger partial charge in [-0.1, -0.05) is 41.4 Å². The summed E-state index contributed by atoms with van der Waals surface area (Å²) >= 11 is 12.3. The van der Waals surface area contributed by atoms with E-state index in [0.717, 1.165) is 36.4 Å². The first-order chi connectivity index (χ1) is 12.1. The van der Waals surface area contributed by atoms with E-state index in [0.29, 0.717) is 10.0 Å². The summed E-state index contributed by atoms with van der Waals surface area (Å²) in [5, 5.41) is 0.921. The first-order valence-electron chi connectivity index (χ1n) is 8.28. The molecule has 2 fully saturated rings. The van der Waals surface area contributed by atoms with Gasteiger partial charge in [-0.3, -0.25) is 14.6 Å². The van der Waals surface area contributed by atoms with Crippen LogP contribution in [-0.2, 0) is 4.79 Å². The Morgan fingerprint density at radius 2 is 1.92 bits per heavy atom. The number of nitrogens with zero attached hydrogens (tertiary/aromatic N) is 2. The van der Waals surface area contributed by atoms with Crippen molar-refractivity contribution in [1.29, 1.82) is 0 Å². The Morgan fingerprint density at radius 3 is 2.68 bits per heavy atom. The number of anilines is 1. The quantitative estimate of drug-likeness (QED) is 0.789. The highest BCUT2D eigenvalue weighted by molar-refractivity contribution is 6.42. The van der Waals surface area contributed by atoms with E-state index in [-0.39, 0.29) is 18.1 Å². The smallest absolute Gasteiger partial charge is 0.246 e. The minimum Gasteiger partial charge on any atom is -0.496 e. The monoisotopic (exact) mass is 376 g/mol. The Labute approximate surface area is 156 Å². The van der Waals surface area contributed by atoms with Gasteiger partial charge in [-0.2, -0.15) is 0 Å². The number of hydrogen-bond donors (Lipinski definition) is 0. The summed E-state index contributed by atoms with van der Waals surface area (Å²) in [5.74, 6) is 0.879. The van der Waals surface area contributed by atoms with Gasteiger partial charge in [0.15, 0.2) is 0 Å². The Kier molecular flexibility index (Phi) is 4.36. The molecule has 130 valence electrons. The van der Waals surface area contributed by atoms with Crippen LogP contribution in [0.15, 0.2) is 42.5 Å². The highest BCUT2D eigenvalue weighted by Gasteiger charge is 2.50. The van der Waals surface area contributed by atoms with Crippen molar-refractivity contribution < 1.29 is 9.53 Å². The first-order valence-corrected chi connectivity index (χ1v) is 9.04. The molecule has 4 rings (SSSR count). The second kappa shape index (κ2) is 6.52. The molecule has 2 aromatic carbocycles. The molecule has 2 aliphatic rings. The zero-order valence-electron chi connectivity index (χ0n) is 13.8. The van der Waals surface area contributed by atoms with Gasteiger partial charge in [0.2, 0.25) is 5.91 Å². The van der Waals surface area contributed by atoms with Gasteiger partial charge in [-0.15, -0.1) is 0 Å². The molecule has 2 unspecified atom stereocenters. The molecule has 0 saturated carbocycles. The van der Waals surface area contributed by atoms with Gasteiger partial charge in [-0.05, 0) is 37.1 Å². The number of hydrogen-bond acceptors (Lipinski definition) is 3. The van der Waals surface area contributed by atoms with Crippen LogP contribution in [0.3, 0.4) is 0 Å². The van der Waals surface area contributed by atoms with Crippen LogP contribution >= 0.6 is 23.2 Å². The lowest BCUT2D eigenvalue weighted by Crippen LogP contribution is -2.32. The number of amides is 1. The van der Waals surface area contributed by atoms with Gasteiger partial charge in [0.05, 0.1) is 23.2 Å². The number of fused-ring (bicyclic) bond motifs is 1. The molecule has 0 spiro atoms. The molecule has 2 aliphatic heterocycles. The van der Waals surface area contributed by atoms with Crippen LogP contribution in [-0.4, -0.2) is 30.5 Å². The van der Waals surface area contributed by atoms with Crippen LogP contribution in [0.5, 0.6) is 5.75 Å². The maximum Gasteiger partial charge on any atom is 0.246 e. The summed E-state index contributed by atoms with van der Waals surface area (Å²) in [5.41, 5.74) is 1.73. The number of ether oxygens (including phenoxy) is 1. The highest BCUT2D eigenvalue weighted by atomic mass is 35.5. The van der Waals surface area contributed by atoms with Crippen LogP contribution in [0.4, 0.5) is 5.69 Å². The normalized spacial score (nSPS) is 23.2. The van der Waals surface area contributed by atoms with Crippen molar-refractivity contribution in [3.63, 3.8) is 0 Å². The maximum atomic E-state index is 13.1. The molecule has 6 heteroatoms. The first kappa shape index (κ1) is 16.7. The van der Waals surface area contributed by atoms with Crippen molar-refractivity contribution in [3.8, 4) is 5.75 Å². The standard InChI is InChI=1S/C19H18Cl2N2O2/c1-25-17-7-3-2-5-13(17)18-22-10-4-6-16(22)19(24)23(18)12-8-9-14(20)15(21)11-12/h2-3,5,7-9,11,16,18H,4,6,10H2,1H3. The SMILES string of the molecule is COc1ccccc1C1N(c2ccc(Cl)c(Cl)c2)C(=O)C2CCCN21. The van der Waals surface area contributed by atoms with Gasteiger partial charge in [0, 0.05) is 17.8 Å². The molecule has 0 N–H and O–H groups in total. The molecule has 25 heavy (non-hydrogen) atoms. The van der Waals surface area contributed by atoms with Crippen molar-refractivity contribution in [2.45, 2.75) is 25.0 Å². The third-order valence-electron chi connectivity index (χ3n) is 4.97. The number of rotatable bonds is 3. The van der Waals surface area contributed by atoms with Crippen molar-refractivity contribution in [3.05, 3.63) is 58.1 Å². The van der Waals surface area contributed by atoms with Crippen molar-refractivity contribution in [2.75, 3.05) is 18.6 Å². The summed E-state index contributed by atoms with van der Waals surface area (Å²) in [6, 6.07) is 13.1. The Morgan fingerprint density at radius 1 is 1.12 bits per heavy atom. The predicted molar refractivity (Wildman–Crippen MR) is 99.4 cm³/mol. The summed E-state index contributed by atoms with van der Waals surface area (Å²) in [7, 11) is 1.65. The summed E-state index contributed by atoms with van der Waals surface area (Å²) in [6.07, 6.45) is 1.70.